The van der Waals surface area contributed by atoms with Crippen LogP contribution in [0.15, 0.2) is 6.33 Å². The monoisotopic (exact) mass is 296 g/mol. The van der Waals surface area contributed by atoms with Crippen molar-refractivity contribution >= 4 is 11.5 Å². The first kappa shape index (κ1) is 15.4. The average molecular weight is 296 g/mol. The van der Waals surface area contributed by atoms with E-state index < -0.39 is 10.5 Å². The Kier molecular flexibility index (Phi) is 4.56. The van der Waals surface area contributed by atoms with Crippen molar-refractivity contribution in [1.29, 1.82) is 0 Å². The minimum Gasteiger partial charge on any atom is -0.476 e. The largest absolute Gasteiger partial charge is 0.476 e. The fourth-order valence-electron chi connectivity index (χ4n) is 2.98. The Morgan fingerprint density at radius 3 is 2.95 bits per heavy atom. The van der Waals surface area contributed by atoms with E-state index in [0.717, 1.165) is 25.7 Å². The summed E-state index contributed by atoms with van der Waals surface area (Å²) in [5.41, 5.74) is -0.882. The smallest absolute Gasteiger partial charge is 0.372 e. The maximum atomic E-state index is 11.2. The molecule has 0 spiro atoms. The summed E-state index contributed by atoms with van der Waals surface area (Å²) in [6, 6.07) is 0. The zero-order chi connectivity index (χ0) is 15.5. The van der Waals surface area contributed by atoms with E-state index in [1.807, 2.05) is 0 Å². The molecule has 116 valence electrons. The van der Waals surface area contributed by atoms with Crippen LogP contribution in [0.5, 0.6) is 5.88 Å². The number of rotatable bonds is 5. The molecule has 2 rings (SSSR count). The van der Waals surface area contributed by atoms with Crippen molar-refractivity contribution in [2.75, 3.05) is 19.0 Å². The number of nitro groups is 1. The quantitative estimate of drug-likeness (QED) is 0.629. The first-order valence-corrected chi connectivity index (χ1v) is 6.94. The SMILES string of the molecule is COc1ncnc(NC2(CO)CCCC(C)C2)c1[N+](=O)[O-]. The van der Waals surface area contributed by atoms with Crippen molar-refractivity contribution < 1.29 is 14.8 Å². The Bertz CT molecular complexity index is 525. The van der Waals surface area contributed by atoms with Gasteiger partial charge in [-0.25, -0.2) is 4.98 Å². The number of hydrogen-bond acceptors (Lipinski definition) is 7. The number of methoxy groups -OCH3 is 1. The van der Waals surface area contributed by atoms with E-state index in [-0.39, 0.29) is 24.0 Å². The zero-order valence-electron chi connectivity index (χ0n) is 12.2. The van der Waals surface area contributed by atoms with Gasteiger partial charge in [0.15, 0.2) is 0 Å². The van der Waals surface area contributed by atoms with Gasteiger partial charge in [-0.2, -0.15) is 4.98 Å². The summed E-state index contributed by atoms with van der Waals surface area (Å²) >= 11 is 0. The normalized spacial score (nSPS) is 25.4. The molecule has 0 aliphatic heterocycles. The molecule has 2 unspecified atom stereocenters. The predicted octanol–water partition coefficient (Wildman–Crippen LogP) is 1.75. The lowest BCUT2D eigenvalue weighted by Gasteiger charge is -2.39. The molecule has 1 aliphatic rings. The summed E-state index contributed by atoms with van der Waals surface area (Å²) < 4.78 is 4.93. The fraction of sp³-hybridized carbons (Fsp3) is 0.692. The van der Waals surface area contributed by atoms with Gasteiger partial charge in [-0.3, -0.25) is 10.1 Å². The Balaban J connectivity index is 2.35. The van der Waals surface area contributed by atoms with E-state index in [9.17, 15) is 15.2 Å². The molecule has 1 heterocycles. The van der Waals surface area contributed by atoms with Crippen LogP contribution in [0.25, 0.3) is 0 Å². The molecule has 0 saturated heterocycles. The van der Waals surface area contributed by atoms with Gasteiger partial charge >= 0.3 is 5.69 Å². The summed E-state index contributed by atoms with van der Waals surface area (Å²) in [6.45, 7) is 2.01. The van der Waals surface area contributed by atoms with Gasteiger partial charge in [-0.15, -0.1) is 0 Å². The van der Waals surface area contributed by atoms with Gasteiger partial charge in [0.05, 0.1) is 24.2 Å². The van der Waals surface area contributed by atoms with Gasteiger partial charge in [0, 0.05) is 0 Å². The highest BCUT2D eigenvalue weighted by Gasteiger charge is 2.37. The third kappa shape index (κ3) is 3.21. The van der Waals surface area contributed by atoms with Crippen molar-refractivity contribution in [2.45, 2.75) is 38.1 Å². The lowest BCUT2D eigenvalue weighted by molar-refractivity contribution is -0.385. The van der Waals surface area contributed by atoms with Gasteiger partial charge in [-0.05, 0) is 18.8 Å². The number of hydrogen-bond donors (Lipinski definition) is 2. The van der Waals surface area contributed by atoms with Crippen LogP contribution in [0.2, 0.25) is 0 Å². The van der Waals surface area contributed by atoms with Gasteiger partial charge in [0.25, 0.3) is 5.88 Å². The molecule has 8 heteroatoms. The molecular formula is C13H20N4O4. The number of anilines is 1. The summed E-state index contributed by atoms with van der Waals surface area (Å²) in [5, 5.41) is 24.1. The van der Waals surface area contributed by atoms with Crippen LogP contribution in [0, 0.1) is 16.0 Å². The standard InChI is InChI=1S/C13H20N4O4/c1-9-4-3-5-13(6-9,7-18)16-11-10(17(19)20)12(21-2)15-8-14-11/h8-9,18H,3-7H2,1-2H3,(H,14,15,16). The topological polar surface area (TPSA) is 110 Å². The van der Waals surface area contributed by atoms with E-state index >= 15 is 0 Å². The van der Waals surface area contributed by atoms with E-state index in [0.29, 0.717) is 5.92 Å². The molecule has 1 fully saturated rings. The molecular weight excluding hydrogens is 276 g/mol. The van der Waals surface area contributed by atoms with Crippen molar-refractivity contribution in [3.63, 3.8) is 0 Å². The molecule has 2 atom stereocenters. The Morgan fingerprint density at radius 2 is 2.38 bits per heavy atom. The summed E-state index contributed by atoms with van der Waals surface area (Å²) in [7, 11) is 1.32. The van der Waals surface area contributed by atoms with E-state index in [4.69, 9.17) is 4.74 Å². The lowest BCUT2D eigenvalue weighted by Crippen LogP contribution is -2.46. The molecule has 0 radical (unpaired) electrons. The van der Waals surface area contributed by atoms with Crippen molar-refractivity contribution in [1.82, 2.24) is 9.97 Å². The predicted molar refractivity (Wildman–Crippen MR) is 76.3 cm³/mol. The van der Waals surface area contributed by atoms with Gasteiger partial charge in [0.1, 0.15) is 6.33 Å². The third-order valence-corrected chi connectivity index (χ3v) is 3.94. The van der Waals surface area contributed by atoms with Crippen LogP contribution in [0.4, 0.5) is 11.5 Å². The number of ether oxygens (including phenoxy) is 1. The van der Waals surface area contributed by atoms with Crippen molar-refractivity contribution in [2.24, 2.45) is 5.92 Å². The van der Waals surface area contributed by atoms with Crippen LogP contribution in [-0.2, 0) is 0 Å². The minimum atomic E-state index is -0.582. The molecule has 8 nitrogen and oxygen atoms in total. The van der Waals surface area contributed by atoms with Crippen LogP contribution in [0.3, 0.4) is 0 Å². The molecule has 1 aromatic rings. The second kappa shape index (κ2) is 6.21. The second-order valence-electron chi connectivity index (χ2n) is 5.60. The number of nitrogens with zero attached hydrogens (tertiary/aromatic N) is 3. The Hall–Kier alpha value is -1.96. The molecule has 0 aromatic carbocycles. The number of aromatic nitrogens is 2. The summed E-state index contributed by atoms with van der Waals surface area (Å²) in [6.07, 6.45) is 4.76. The lowest BCUT2D eigenvalue weighted by atomic mass is 9.77. The van der Waals surface area contributed by atoms with Crippen molar-refractivity contribution in [3.8, 4) is 5.88 Å². The molecule has 1 aliphatic carbocycles. The van der Waals surface area contributed by atoms with E-state index in [2.05, 4.69) is 22.2 Å². The minimum absolute atomic E-state index is 0.0885. The van der Waals surface area contributed by atoms with Gasteiger partial charge < -0.3 is 15.2 Å². The highest BCUT2D eigenvalue weighted by molar-refractivity contribution is 5.62. The van der Waals surface area contributed by atoms with E-state index in [1.54, 1.807) is 0 Å². The van der Waals surface area contributed by atoms with Crippen molar-refractivity contribution in [3.05, 3.63) is 16.4 Å². The highest BCUT2D eigenvalue weighted by Crippen LogP contribution is 2.38. The highest BCUT2D eigenvalue weighted by atomic mass is 16.6. The summed E-state index contributed by atoms with van der Waals surface area (Å²) in [4.78, 5) is 18.4. The molecule has 2 N–H and O–H groups in total. The third-order valence-electron chi connectivity index (χ3n) is 3.94. The second-order valence-corrected chi connectivity index (χ2v) is 5.60. The van der Waals surface area contributed by atoms with Gasteiger partial charge in [-0.1, -0.05) is 19.8 Å². The number of aliphatic hydroxyl groups excluding tert-OH is 1. The fourth-order valence-corrected chi connectivity index (χ4v) is 2.98. The van der Waals surface area contributed by atoms with Gasteiger partial charge in [0.2, 0.25) is 5.82 Å². The van der Waals surface area contributed by atoms with Crippen LogP contribution in [-0.4, -0.2) is 39.3 Å². The molecule has 21 heavy (non-hydrogen) atoms. The number of aliphatic hydroxyl groups is 1. The molecule has 0 bridgehead atoms. The zero-order valence-corrected chi connectivity index (χ0v) is 12.2. The van der Waals surface area contributed by atoms with E-state index in [1.165, 1.54) is 13.4 Å². The number of nitrogens with one attached hydrogen (secondary N) is 1. The van der Waals surface area contributed by atoms with Crippen LogP contribution < -0.4 is 10.1 Å². The Labute approximate surface area is 122 Å². The molecule has 0 amide bonds. The van der Waals surface area contributed by atoms with Crippen LogP contribution in [0.1, 0.15) is 32.6 Å². The maximum absolute atomic E-state index is 11.2. The molecule has 1 aromatic heterocycles. The Morgan fingerprint density at radius 1 is 1.62 bits per heavy atom. The van der Waals surface area contributed by atoms with Crippen LogP contribution >= 0.6 is 0 Å². The average Bonchev–Trinajstić information content (AvgIpc) is 2.46. The summed E-state index contributed by atoms with van der Waals surface area (Å²) in [5.74, 6) is 0.450. The molecule has 1 saturated carbocycles. The first-order chi connectivity index (χ1) is 10.0. The maximum Gasteiger partial charge on any atom is 0.372 e. The first-order valence-electron chi connectivity index (χ1n) is 6.94.